The Kier molecular flexibility index (Phi) is 5.41. The largest absolute Gasteiger partial charge is 0.325 e. The molecule has 0 heterocycles. The third kappa shape index (κ3) is 4.54. The highest BCUT2D eigenvalue weighted by Gasteiger charge is 2.22. The number of halogens is 1. The van der Waals surface area contributed by atoms with Gasteiger partial charge in [0.1, 0.15) is 0 Å². The van der Waals surface area contributed by atoms with E-state index in [1.54, 1.807) is 36.4 Å². The van der Waals surface area contributed by atoms with Gasteiger partial charge in [-0.2, -0.15) is 4.31 Å². The second-order valence-electron chi connectivity index (χ2n) is 5.13. The quantitative estimate of drug-likeness (QED) is 0.899. The molecule has 5 nitrogen and oxygen atoms in total. The minimum Gasteiger partial charge on any atom is -0.325 e. The molecule has 0 unspecified atom stereocenters. The Labute approximate surface area is 140 Å². The van der Waals surface area contributed by atoms with Crippen LogP contribution >= 0.6 is 11.6 Å². The molecule has 0 bridgehead atoms. The summed E-state index contributed by atoms with van der Waals surface area (Å²) in [4.78, 5) is 12.1. The first-order valence-electron chi connectivity index (χ1n) is 6.87. The fourth-order valence-corrected chi connectivity index (χ4v) is 3.16. The van der Waals surface area contributed by atoms with E-state index in [1.165, 1.54) is 19.2 Å². The number of hydrogen-bond acceptors (Lipinski definition) is 3. The fraction of sp³-hybridized carbons (Fsp3) is 0.188. The van der Waals surface area contributed by atoms with Crippen LogP contribution in [0.25, 0.3) is 0 Å². The van der Waals surface area contributed by atoms with Crippen LogP contribution in [0.2, 0.25) is 5.02 Å². The maximum absolute atomic E-state index is 12.4. The van der Waals surface area contributed by atoms with Crippen molar-refractivity contribution < 1.29 is 13.2 Å². The third-order valence-corrected chi connectivity index (χ3v) is 5.29. The van der Waals surface area contributed by atoms with Crippen molar-refractivity contribution in [2.45, 2.75) is 11.8 Å². The Morgan fingerprint density at radius 3 is 2.22 bits per heavy atom. The molecule has 0 aliphatic rings. The highest BCUT2D eigenvalue weighted by molar-refractivity contribution is 7.89. The number of nitrogens with zero attached hydrogens (tertiary/aromatic N) is 1. The molecule has 1 amide bonds. The van der Waals surface area contributed by atoms with Crippen LogP contribution in [-0.2, 0) is 14.8 Å². The van der Waals surface area contributed by atoms with Crippen LogP contribution in [0.5, 0.6) is 0 Å². The molecule has 0 saturated heterocycles. The molecule has 7 heteroatoms. The summed E-state index contributed by atoms with van der Waals surface area (Å²) < 4.78 is 25.8. The zero-order valence-corrected chi connectivity index (χ0v) is 14.4. The smallest absolute Gasteiger partial charge is 0.243 e. The number of carbonyl (C=O) groups is 1. The van der Waals surface area contributed by atoms with Gasteiger partial charge in [-0.1, -0.05) is 29.3 Å². The van der Waals surface area contributed by atoms with Crippen LogP contribution in [0, 0.1) is 6.92 Å². The van der Waals surface area contributed by atoms with Crippen molar-refractivity contribution >= 4 is 33.2 Å². The van der Waals surface area contributed by atoms with Crippen molar-refractivity contribution in [3.8, 4) is 0 Å². The van der Waals surface area contributed by atoms with Gasteiger partial charge in [-0.3, -0.25) is 4.79 Å². The third-order valence-electron chi connectivity index (χ3n) is 3.22. The van der Waals surface area contributed by atoms with Crippen LogP contribution < -0.4 is 5.32 Å². The van der Waals surface area contributed by atoms with Gasteiger partial charge in [0.25, 0.3) is 0 Å². The molecule has 0 aliphatic carbocycles. The molecule has 122 valence electrons. The summed E-state index contributed by atoms with van der Waals surface area (Å²) in [6.45, 7) is 1.60. The molecule has 0 atom stereocenters. The van der Waals surface area contributed by atoms with Crippen molar-refractivity contribution in [3.05, 3.63) is 59.1 Å². The van der Waals surface area contributed by atoms with Crippen LogP contribution in [0.4, 0.5) is 5.69 Å². The first-order chi connectivity index (χ1) is 10.8. The van der Waals surface area contributed by atoms with E-state index in [0.717, 1.165) is 9.87 Å². The van der Waals surface area contributed by atoms with E-state index in [0.29, 0.717) is 10.7 Å². The number of hydrogen-bond donors (Lipinski definition) is 1. The summed E-state index contributed by atoms with van der Waals surface area (Å²) in [6.07, 6.45) is 0. The second-order valence-corrected chi connectivity index (χ2v) is 7.61. The van der Waals surface area contributed by atoms with Gasteiger partial charge in [0, 0.05) is 17.8 Å². The van der Waals surface area contributed by atoms with Gasteiger partial charge >= 0.3 is 0 Å². The van der Waals surface area contributed by atoms with Crippen molar-refractivity contribution in [2.24, 2.45) is 0 Å². The second kappa shape index (κ2) is 7.12. The van der Waals surface area contributed by atoms with Crippen molar-refractivity contribution in [2.75, 3.05) is 18.9 Å². The molecule has 1 N–H and O–H groups in total. The van der Waals surface area contributed by atoms with E-state index < -0.39 is 15.9 Å². The molecular formula is C16H17ClN2O3S. The van der Waals surface area contributed by atoms with Gasteiger partial charge in [-0.15, -0.1) is 0 Å². The Hall–Kier alpha value is -1.89. The minimum absolute atomic E-state index is 0.157. The van der Waals surface area contributed by atoms with E-state index in [1.807, 2.05) is 6.92 Å². The van der Waals surface area contributed by atoms with Gasteiger partial charge in [-0.25, -0.2) is 8.42 Å². The SMILES string of the molecule is Cc1ccc(S(=O)(=O)N(C)CC(=O)Nc2ccc(Cl)cc2)cc1. The molecule has 0 radical (unpaired) electrons. The maximum atomic E-state index is 12.4. The normalized spacial score (nSPS) is 11.5. The first kappa shape index (κ1) is 17.5. The monoisotopic (exact) mass is 352 g/mol. The summed E-state index contributed by atoms with van der Waals surface area (Å²) in [5.74, 6) is -0.425. The van der Waals surface area contributed by atoms with Gasteiger partial charge < -0.3 is 5.32 Å². The molecule has 2 rings (SSSR count). The summed E-state index contributed by atoms with van der Waals surface area (Å²) in [5.41, 5.74) is 1.52. The number of sulfonamides is 1. The van der Waals surface area contributed by atoms with Crippen LogP contribution in [0.15, 0.2) is 53.4 Å². The Morgan fingerprint density at radius 2 is 1.65 bits per heavy atom. The molecule has 2 aromatic carbocycles. The molecule has 23 heavy (non-hydrogen) atoms. The van der Waals surface area contributed by atoms with Crippen molar-refractivity contribution in [1.29, 1.82) is 0 Å². The molecule has 2 aromatic rings. The zero-order valence-electron chi connectivity index (χ0n) is 12.8. The van der Waals surface area contributed by atoms with Gasteiger partial charge in [0.05, 0.1) is 11.4 Å². The van der Waals surface area contributed by atoms with Crippen LogP contribution in [0.3, 0.4) is 0 Å². The summed E-state index contributed by atoms with van der Waals surface area (Å²) in [5, 5.41) is 3.19. The zero-order chi connectivity index (χ0) is 17.0. The number of anilines is 1. The topological polar surface area (TPSA) is 66.5 Å². The fourth-order valence-electron chi connectivity index (χ4n) is 1.91. The average molecular weight is 353 g/mol. The highest BCUT2D eigenvalue weighted by Crippen LogP contribution is 2.16. The van der Waals surface area contributed by atoms with Gasteiger partial charge in [0.2, 0.25) is 15.9 Å². The number of rotatable bonds is 5. The van der Waals surface area contributed by atoms with Crippen molar-refractivity contribution in [1.82, 2.24) is 4.31 Å². The Balaban J connectivity index is 2.05. The summed E-state index contributed by atoms with van der Waals surface area (Å²) in [6, 6.07) is 13.1. The standard InChI is InChI=1S/C16H17ClN2O3S/c1-12-3-9-15(10-4-12)23(21,22)19(2)11-16(20)18-14-7-5-13(17)6-8-14/h3-10H,11H2,1-2H3,(H,18,20). The van der Waals surface area contributed by atoms with E-state index in [4.69, 9.17) is 11.6 Å². The Morgan fingerprint density at radius 1 is 1.09 bits per heavy atom. The maximum Gasteiger partial charge on any atom is 0.243 e. The van der Waals surface area contributed by atoms with Crippen molar-refractivity contribution in [3.63, 3.8) is 0 Å². The van der Waals surface area contributed by atoms with Crippen LogP contribution in [0.1, 0.15) is 5.56 Å². The molecule has 0 aliphatic heterocycles. The highest BCUT2D eigenvalue weighted by atomic mass is 35.5. The van der Waals surface area contributed by atoms with E-state index in [9.17, 15) is 13.2 Å². The van der Waals surface area contributed by atoms with E-state index >= 15 is 0 Å². The first-order valence-corrected chi connectivity index (χ1v) is 8.69. The van der Waals surface area contributed by atoms with Crippen LogP contribution in [-0.4, -0.2) is 32.2 Å². The van der Waals surface area contributed by atoms with Gasteiger partial charge in [0.15, 0.2) is 0 Å². The predicted molar refractivity (Wildman–Crippen MR) is 91.1 cm³/mol. The van der Waals surface area contributed by atoms with E-state index in [2.05, 4.69) is 5.32 Å². The molecule has 0 fully saturated rings. The lowest BCUT2D eigenvalue weighted by Crippen LogP contribution is -2.34. The lowest BCUT2D eigenvalue weighted by Gasteiger charge is -2.17. The van der Waals surface area contributed by atoms with Gasteiger partial charge in [-0.05, 0) is 43.3 Å². The average Bonchev–Trinajstić information content (AvgIpc) is 2.50. The molecular weight excluding hydrogens is 336 g/mol. The number of benzene rings is 2. The molecule has 0 aromatic heterocycles. The lowest BCUT2D eigenvalue weighted by atomic mass is 10.2. The summed E-state index contributed by atoms with van der Waals surface area (Å²) >= 11 is 5.77. The van der Waals surface area contributed by atoms with E-state index in [-0.39, 0.29) is 11.4 Å². The molecule has 0 spiro atoms. The lowest BCUT2D eigenvalue weighted by molar-refractivity contribution is -0.116. The number of nitrogens with one attached hydrogen (secondary N) is 1. The number of carbonyl (C=O) groups excluding carboxylic acids is 1. The number of amides is 1. The summed E-state index contributed by atoms with van der Waals surface area (Å²) in [7, 11) is -2.33. The number of aryl methyl sites for hydroxylation is 1. The molecule has 0 saturated carbocycles. The number of likely N-dealkylation sites (N-methyl/N-ethyl adjacent to an activating group) is 1. The Bertz CT molecular complexity index is 787. The minimum atomic E-state index is -3.70. The predicted octanol–water partition coefficient (Wildman–Crippen LogP) is 2.91.